The number of aryl methyl sites for hydroxylation is 1. The lowest BCUT2D eigenvalue weighted by Crippen LogP contribution is -2.05. The standard InChI is InChI=1S/C16H16F2O3/c1-9-4-13(15(18)8-14(9)17)16(19)10-5-11(20-2)7-12(6-10)21-3/h4-8,16,19H,1-3H3. The maximum atomic E-state index is 13.9. The van der Waals surface area contributed by atoms with E-state index in [9.17, 15) is 13.9 Å². The Labute approximate surface area is 121 Å². The molecule has 0 radical (unpaired) electrons. The molecule has 0 aliphatic heterocycles. The highest BCUT2D eigenvalue weighted by Crippen LogP contribution is 2.31. The van der Waals surface area contributed by atoms with Crippen molar-refractivity contribution in [3.8, 4) is 11.5 Å². The minimum Gasteiger partial charge on any atom is -0.497 e. The van der Waals surface area contributed by atoms with Crippen molar-refractivity contribution in [3.63, 3.8) is 0 Å². The molecular weight excluding hydrogens is 278 g/mol. The van der Waals surface area contributed by atoms with E-state index in [4.69, 9.17) is 9.47 Å². The molecule has 0 bridgehead atoms. The van der Waals surface area contributed by atoms with Gasteiger partial charge in [0, 0.05) is 17.7 Å². The number of hydrogen-bond acceptors (Lipinski definition) is 3. The van der Waals surface area contributed by atoms with Crippen LogP contribution in [0.1, 0.15) is 22.8 Å². The van der Waals surface area contributed by atoms with Crippen LogP contribution in [0.15, 0.2) is 30.3 Å². The zero-order valence-corrected chi connectivity index (χ0v) is 12.0. The molecule has 0 aliphatic rings. The van der Waals surface area contributed by atoms with E-state index >= 15 is 0 Å². The molecule has 0 heterocycles. The van der Waals surface area contributed by atoms with Crippen LogP contribution >= 0.6 is 0 Å². The highest BCUT2D eigenvalue weighted by molar-refractivity contribution is 5.43. The van der Waals surface area contributed by atoms with Crippen LogP contribution in [0, 0.1) is 18.6 Å². The lowest BCUT2D eigenvalue weighted by atomic mass is 9.98. The molecule has 3 nitrogen and oxygen atoms in total. The van der Waals surface area contributed by atoms with Gasteiger partial charge in [-0.05, 0) is 36.2 Å². The first-order valence-electron chi connectivity index (χ1n) is 6.33. The van der Waals surface area contributed by atoms with Gasteiger partial charge in [-0.1, -0.05) is 0 Å². The van der Waals surface area contributed by atoms with E-state index in [1.807, 2.05) is 0 Å². The monoisotopic (exact) mass is 294 g/mol. The summed E-state index contributed by atoms with van der Waals surface area (Å²) >= 11 is 0. The predicted octanol–water partition coefficient (Wildman–Crippen LogP) is 3.37. The number of ether oxygens (including phenoxy) is 2. The first-order valence-corrected chi connectivity index (χ1v) is 6.33. The predicted molar refractivity (Wildman–Crippen MR) is 74.7 cm³/mol. The average molecular weight is 294 g/mol. The van der Waals surface area contributed by atoms with Crippen molar-refractivity contribution in [1.82, 2.24) is 0 Å². The van der Waals surface area contributed by atoms with Crippen LogP contribution in [-0.4, -0.2) is 19.3 Å². The quantitative estimate of drug-likeness (QED) is 0.939. The van der Waals surface area contributed by atoms with Gasteiger partial charge in [0.15, 0.2) is 0 Å². The second-order valence-corrected chi connectivity index (χ2v) is 4.67. The molecule has 0 aliphatic carbocycles. The van der Waals surface area contributed by atoms with Crippen LogP contribution in [0.3, 0.4) is 0 Å². The summed E-state index contributed by atoms with van der Waals surface area (Å²) in [6, 6.07) is 6.85. The third-order valence-electron chi connectivity index (χ3n) is 3.26. The van der Waals surface area contributed by atoms with E-state index in [1.165, 1.54) is 27.2 Å². The van der Waals surface area contributed by atoms with Gasteiger partial charge < -0.3 is 14.6 Å². The van der Waals surface area contributed by atoms with Crippen LogP contribution < -0.4 is 9.47 Å². The number of aliphatic hydroxyl groups is 1. The minimum atomic E-state index is -1.24. The Balaban J connectivity index is 2.49. The summed E-state index contributed by atoms with van der Waals surface area (Å²) in [5.41, 5.74) is 0.667. The van der Waals surface area contributed by atoms with E-state index in [0.717, 1.165) is 6.07 Å². The number of aliphatic hydroxyl groups excluding tert-OH is 1. The van der Waals surface area contributed by atoms with Gasteiger partial charge in [0.2, 0.25) is 0 Å². The van der Waals surface area contributed by atoms with Gasteiger partial charge in [0.25, 0.3) is 0 Å². The summed E-state index contributed by atoms with van der Waals surface area (Å²) in [6.45, 7) is 1.51. The molecule has 1 unspecified atom stereocenters. The van der Waals surface area contributed by atoms with Gasteiger partial charge in [-0.2, -0.15) is 0 Å². The number of halogens is 2. The van der Waals surface area contributed by atoms with Crippen molar-refractivity contribution in [2.24, 2.45) is 0 Å². The summed E-state index contributed by atoms with van der Waals surface area (Å²) in [6.07, 6.45) is -1.24. The van der Waals surface area contributed by atoms with Crippen LogP contribution in [-0.2, 0) is 0 Å². The Kier molecular flexibility index (Phi) is 4.43. The highest BCUT2D eigenvalue weighted by atomic mass is 19.1. The first-order chi connectivity index (χ1) is 9.96. The Bertz CT molecular complexity index is 634. The molecule has 2 rings (SSSR count). The summed E-state index contributed by atoms with van der Waals surface area (Å²) in [5.74, 6) is -0.496. The van der Waals surface area contributed by atoms with Crippen LogP contribution in [0.25, 0.3) is 0 Å². The van der Waals surface area contributed by atoms with E-state index < -0.39 is 17.7 Å². The molecule has 0 aromatic heterocycles. The Morgan fingerprint density at radius 3 is 2.00 bits per heavy atom. The summed E-state index contributed by atoms with van der Waals surface area (Å²) < 4.78 is 37.4. The second kappa shape index (κ2) is 6.10. The fraction of sp³-hybridized carbons (Fsp3) is 0.250. The zero-order valence-electron chi connectivity index (χ0n) is 12.0. The molecule has 0 fully saturated rings. The number of benzene rings is 2. The minimum absolute atomic E-state index is 0.00389. The topological polar surface area (TPSA) is 38.7 Å². The Hall–Kier alpha value is -2.14. The Morgan fingerprint density at radius 2 is 1.48 bits per heavy atom. The molecule has 0 saturated heterocycles. The van der Waals surface area contributed by atoms with Crippen LogP contribution in [0.4, 0.5) is 8.78 Å². The summed E-state index contributed by atoms with van der Waals surface area (Å²) in [7, 11) is 2.96. The molecule has 21 heavy (non-hydrogen) atoms. The van der Waals surface area contributed by atoms with Crippen molar-refractivity contribution >= 4 is 0 Å². The van der Waals surface area contributed by atoms with Crippen molar-refractivity contribution in [2.45, 2.75) is 13.0 Å². The van der Waals surface area contributed by atoms with Gasteiger partial charge >= 0.3 is 0 Å². The lowest BCUT2D eigenvalue weighted by molar-refractivity contribution is 0.213. The summed E-state index contributed by atoms with van der Waals surface area (Å²) in [5, 5.41) is 10.4. The average Bonchev–Trinajstić information content (AvgIpc) is 2.49. The zero-order chi connectivity index (χ0) is 15.6. The first kappa shape index (κ1) is 15.3. The van der Waals surface area contributed by atoms with Gasteiger partial charge in [-0.15, -0.1) is 0 Å². The fourth-order valence-corrected chi connectivity index (χ4v) is 2.06. The molecule has 112 valence electrons. The molecule has 1 N–H and O–H groups in total. The van der Waals surface area contributed by atoms with Crippen molar-refractivity contribution in [1.29, 1.82) is 0 Å². The summed E-state index contributed by atoms with van der Waals surface area (Å²) in [4.78, 5) is 0. The third kappa shape index (κ3) is 3.13. The van der Waals surface area contributed by atoms with Crippen LogP contribution in [0.5, 0.6) is 11.5 Å². The second-order valence-electron chi connectivity index (χ2n) is 4.67. The lowest BCUT2D eigenvalue weighted by Gasteiger charge is -2.16. The van der Waals surface area contributed by atoms with E-state index in [0.29, 0.717) is 17.1 Å². The van der Waals surface area contributed by atoms with E-state index in [1.54, 1.807) is 18.2 Å². The van der Waals surface area contributed by atoms with Gasteiger partial charge in [-0.25, -0.2) is 8.78 Å². The maximum Gasteiger partial charge on any atom is 0.132 e. The van der Waals surface area contributed by atoms with Gasteiger partial charge in [0.1, 0.15) is 29.2 Å². The van der Waals surface area contributed by atoms with Crippen molar-refractivity contribution < 1.29 is 23.4 Å². The molecule has 2 aromatic rings. The van der Waals surface area contributed by atoms with E-state index in [2.05, 4.69) is 0 Å². The normalized spacial score (nSPS) is 12.1. The van der Waals surface area contributed by atoms with Crippen molar-refractivity contribution in [2.75, 3.05) is 14.2 Å². The molecular formula is C16H16F2O3. The SMILES string of the molecule is COc1cc(OC)cc(C(O)c2cc(C)c(F)cc2F)c1. The van der Waals surface area contributed by atoms with Crippen molar-refractivity contribution in [3.05, 3.63) is 58.7 Å². The maximum absolute atomic E-state index is 13.9. The third-order valence-corrected chi connectivity index (χ3v) is 3.26. The highest BCUT2D eigenvalue weighted by Gasteiger charge is 2.18. The molecule has 0 saturated carbocycles. The smallest absolute Gasteiger partial charge is 0.132 e. The van der Waals surface area contributed by atoms with E-state index in [-0.39, 0.29) is 11.1 Å². The molecule has 2 aromatic carbocycles. The molecule has 1 atom stereocenters. The van der Waals surface area contributed by atoms with Gasteiger partial charge in [-0.3, -0.25) is 0 Å². The molecule has 0 amide bonds. The fourth-order valence-electron chi connectivity index (χ4n) is 2.06. The number of rotatable bonds is 4. The Morgan fingerprint density at radius 1 is 0.905 bits per heavy atom. The largest absolute Gasteiger partial charge is 0.497 e. The molecule has 0 spiro atoms. The van der Waals surface area contributed by atoms with Crippen LogP contribution in [0.2, 0.25) is 0 Å². The molecule has 5 heteroatoms. The number of methoxy groups -OCH3 is 2. The number of hydrogen-bond donors (Lipinski definition) is 1. The van der Waals surface area contributed by atoms with Gasteiger partial charge in [0.05, 0.1) is 14.2 Å².